The molecule has 0 radical (unpaired) electrons. The lowest BCUT2D eigenvalue weighted by molar-refractivity contribution is -0.141. The summed E-state index contributed by atoms with van der Waals surface area (Å²) in [7, 11) is 0. The zero-order valence-corrected chi connectivity index (χ0v) is 8.97. The minimum absolute atomic E-state index is 0.0635. The second-order valence-electron chi connectivity index (χ2n) is 4.12. The number of halogens is 3. The molecule has 1 heterocycles. The van der Waals surface area contributed by atoms with Crippen molar-refractivity contribution >= 4 is 5.91 Å². The van der Waals surface area contributed by atoms with Crippen molar-refractivity contribution in [2.24, 2.45) is 0 Å². The molecule has 0 saturated heterocycles. The van der Waals surface area contributed by atoms with E-state index in [1.807, 2.05) is 5.10 Å². The number of hydrogen-bond donors (Lipinski definition) is 2. The molecule has 0 unspecified atom stereocenters. The zero-order chi connectivity index (χ0) is 12.5. The van der Waals surface area contributed by atoms with Crippen LogP contribution in [-0.4, -0.2) is 22.1 Å². The van der Waals surface area contributed by atoms with Crippen LogP contribution in [0.5, 0.6) is 0 Å². The van der Waals surface area contributed by atoms with Crippen LogP contribution in [-0.2, 0) is 6.18 Å². The molecule has 2 N–H and O–H groups in total. The number of carbonyl (C=O) groups is 1. The number of hydrogen-bond acceptors (Lipinski definition) is 2. The van der Waals surface area contributed by atoms with Crippen LogP contribution in [0.2, 0.25) is 0 Å². The minimum atomic E-state index is -4.50. The summed E-state index contributed by atoms with van der Waals surface area (Å²) in [6.07, 6.45) is -0.665. The Bertz CT molecular complexity index is 407. The monoisotopic (exact) mass is 247 g/mol. The average Bonchev–Trinajstić information content (AvgIpc) is 2.85. The number of rotatable bonds is 2. The average molecular weight is 247 g/mol. The number of H-pyrrole nitrogens is 1. The Balaban J connectivity index is 2.01. The van der Waals surface area contributed by atoms with E-state index >= 15 is 0 Å². The van der Waals surface area contributed by atoms with Gasteiger partial charge in [0.2, 0.25) is 0 Å². The standard InChI is InChI=1S/C10H12F3N3O/c11-10(12,13)8-5-7(15-16-8)9(17)14-6-3-1-2-4-6/h5-6H,1-4H2,(H,14,17)(H,15,16). The lowest BCUT2D eigenvalue weighted by Crippen LogP contribution is -2.32. The highest BCUT2D eigenvalue weighted by Gasteiger charge is 2.34. The Hall–Kier alpha value is -1.53. The third-order valence-electron chi connectivity index (χ3n) is 2.81. The zero-order valence-electron chi connectivity index (χ0n) is 8.97. The molecule has 0 bridgehead atoms. The summed E-state index contributed by atoms with van der Waals surface area (Å²) >= 11 is 0. The molecule has 94 valence electrons. The third kappa shape index (κ3) is 2.78. The van der Waals surface area contributed by atoms with Crippen LogP contribution in [0.15, 0.2) is 6.07 Å². The normalized spacial score (nSPS) is 17.4. The van der Waals surface area contributed by atoms with Gasteiger partial charge in [-0.2, -0.15) is 18.3 Å². The number of nitrogens with zero attached hydrogens (tertiary/aromatic N) is 1. The fourth-order valence-corrected chi connectivity index (χ4v) is 1.91. The highest BCUT2D eigenvalue weighted by atomic mass is 19.4. The molecule has 0 atom stereocenters. The van der Waals surface area contributed by atoms with Crippen LogP contribution in [0.1, 0.15) is 41.9 Å². The number of nitrogens with one attached hydrogen (secondary N) is 2. The molecule has 1 aromatic rings. The van der Waals surface area contributed by atoms with E-state index in [9.17, 15) is 18.0 Å². The van der Waals surface area contributed by atoms with Gasteiger partial charge < -0.3 is 5.32 Å². The van der Waals surface area contributed by atoms with Gasteiger partial charge in [-0.05, 0) is 12.8 Å². The van der Waals surface area contributed by atoms with Crippen molar-refractivity contribution in [2.75, 3.05) is 0 Å². The molecular formula is C10H12F3N3O. The van der Waals surface area contributed by atoms with E-state index in [0.717, 1.165) is 31.7 Å². The van der Waals surface area contributed by atoms with E-state index in [1.54, 1.807) is 0 Å². The van der Waals surface area contributed by atoms with Crippen molar-refractivity contribution in [3.8, 4) is 0 Å². The van der Waals surface area contributed by atoms with Crippen molar-refractivity contribution < 1.29 is 18.0 Å². The van der Waals surface area contributed by atoms with Crippen LogP contribution in [0.4, 0.5) is 13.2 Å². The maximum Gasteiger partial charge on any atom is 0.432 e. The van der Waals surface area contributed by atoms with Gasteiger partial charge in [0.15, 0.2) is 5.69 Å². The van der Waals surface area contributed by atoms with Gasteiger partial charge in [-0.3, -0.25) is 9.89 Å². The van der Waals surface area contributed by atoms with Crippen molar-refractivity contribution in [3.63, 3.8) is 0 Å². The quantitative estimate of drug-likeness (QED) is 0.840. The van der Waals surface area contributed by atoms with Crippen LogP contribution < -0.4 is 5.32 Å². The first kappa shape index (κ1) is 11.9. The smallest absolute Gasteiger partial charge is 0.348 e. The summed E-state index contributed by atoms with van der Waals surface area (Å²) in [6.45, 7) is 0. The number of alkyl halides is 3. The summed E-state index contributed by atoms with van der Waals surface area (Å²) in [6, 6.07) is 0.790. The summed E-state index contributed by atoms with van der Waals surface area (Å²) < 4.78 is 36.8. The Kier molecular flexibility index (Phi) is 3.08. The van der Waals surface area contributed by atoms with Crippen molar-refractivity contribution in [2.45, 2.75) is 37.9 Å². The Morgan fingerprint density at radius 1 is 1.41 bits per heavy atom. The van der Waals surface area contributed by atoms with Crippen molar-refractivity contribution in [1.82, 2.24) is 15.5 Å². The minimum Gasteiger partial charge on any atom is -0.348 e. The maximum absolute atomic E-state index is 12.3. The van der Waals surface area contributed by atoms with Gasteiger partial charge in [0.1, 0.15) is 5.69 Å². The molecular weight excluding hydrogens is 235 g/mol. The van der Waals surface area contributed by atoms with Gasteiger partial charge in [0.05, 0.1) is 0 Å². The van der Waals surface area contributed by atoms with E-state index in [-0.39, 0.29) is 11.7 Å². The fraction of sp³-hybridized carbons (Fsp3) is 0.600. The van der Waals surface area contributed by atoms with E-state index in [2.05, 4.69) is 10.4 Å². The molecule has 1 aliphatic rings. The highest BCUT2D eigenvalue weighted by molar-refractivity contribution is 5.92. The van der Waals surface area contributed by atoms with E-state index in [1.165, 1.54) is 0 Å². The molecule has 0 aromatic carbocycles. The molecule has 0 spiro atoms. The predicted octanol–water partition coefficient (Wildman–Crippen LogP) is 2.10. The molecule has 1 aromatic heterocycles. The van der Waals surface area contributed by atoms with E-state index in [4.69, 9.17) is 0 Å². The molecule has 1 amide bonds. The number of carbonyl (C=O) groups excluding carboxylic acids is 1. The van der Waals surface area contributed by atoms with Crippen molar-refractivity contribution in [3.05, 3.63) is 17.5 Å². The number of amides is 1. The van der Waals surface area contributed by atoms with Gasteiger partial charge in [-0.1, -0.05) is 12.8 Å². The summed E-state index contributed by atoms with van der Waals surface area (Å²) in [5, 5.41) is 7.85. The van der Waals surface area contributed by atoms with Gasteiger partial charge in [-0.25, -0.2) is 0 Å². The van der Waals surface area contributed by atoms with Gasteiger partial charge in [0.25, 0.3) is 5.91 Å². The van der Waals surface area contributed by atoms with E-state index in [0.29, 0.717) is 0 Å². The molecule has 4 nitrogen and oxygen atoms in total. The summed E-state index contributed by atoms with van der Waals surface area (Å²) in [5.41, 5.74) is -1.22. The molecule has 0 aliphatic heterocycles. The van der Waals surface area contributed by atoms with Gasteiger partial charge >= 0.3 is 6.18 Å². The highest BCUT2D eigenvalue weighted by Crippen LogP contribution is 2.27. The van der Waals surface area contributed by atoms with Gasteiger partial charge in [-0.15, -0.1) is 0 Å². The molecule has 1 aliphatic carbocycles. The fourth-order valence-electron chi connectivity index (χ4n) is 1.91. The Morgan fingerprint density at radius 3 is 2.59 bits per heavy atom. The first-order valence-electron chi connectivity index (χ1n) is 5.40. The maximum atomic E-state index is 12.3. The van der Waals surface area contributed by atoms with Crippen molar-refractivity contribution in [1.29, 1.82) is 0 Å². The largest absolute Gasteiger partial charge is 0.432 e. The lowest BCUT2D eigenvalue weighted by atomic mass is 10.2. The first-order chi connectivity index (χ1) is 7.97. The van der Waals surface area contributed by atoms with Crippen LogP contribution in [0.25, 0.3) is 0 Å². The molecule has 1 saturated carbocycles. The SMILES string of the molecule is O=C(NC1CCCC1)c1cc(C(F)(F)F)[nH]n1. The summed E-state index contributed by atoms with van der Waals surface area (Å²) in [4.78, 5) is 11.6. The summed E-state index contributed by atoms with van der Waals surface area (Å²) in [5.74, 6) is -0.552. The van der Waals surface area contributed by atoms with Crippen LogP contribution in [0.3, 0.4) is 0 Å². The molecule has 2 rings (SSSR count). The van der Waals surface area contributed by atoms with Crippen LogP contribution in [0, 0.1) is 0 Å². The lowest BCUT2D eigenvalue weighted by Gasteiger charge is -2.09. The first-order valence-corrected chi connectivity index (χ1v) is 5.40. The Labute approximate surface area is 95.6 Å². The number of aromatic nitrogens is 2. The Morgan fingerprint density at radius 2 is 2.06 bits per heavy atom. The third-order valence-corrected chi connectivity index (χ3v) is 2.81. The molecule has 1 fully saturated rings. The number of aromatic amines is 1. The predicted molar refractivity (Wildman–Crippen MR) is 53.3 cm³/mol. The van der Waals surface area contributed by atoms with E-state index < -0.39 is 17.8 Å². The molecule has 17 heavy (non-hydrogen) atoms. The topological polar surface area (TPSA) is 57.8 Å². The second kappa shape index (κ2) is 4.38. The molecule has 7 heteroatoms. The van der Waals surface area contributed by atoms with Gasteiger partial charge in [0, 0.05) is 12.1 Å². The van der Waals surface area contributed by atoms with Crippen LogP contribution >= 0.6 is 0 Å². The second-order valence-corrected chi connectivity index (χ2v) is 4.12.